The van der Waals surface area contributed by atoms with Crippen LogP contribution in [-0.2, 0) is 17.0 Å². The minimum absolute atomic E-state index is 0.0495. The minimum Gasteiger partial charge on any atom is -0.339 e. The summed E-state index contributed by atoms with van der Waals surface area (Å²) in [6, 6.07) is 11.1. The lowest BCUT2D eigenvalue weighted by Crippen LogP contribution is -2.14. The van der Waals surface area contributed by atoms with Gasteiger partial charge in [0, 0.05) is 12.8 Å². The van der Waals surface area contributed by atoms with Gasteiger partial charge in [-0.1, -0.05) is 35.1 Å². The molecule has 4 rings (SSSR count). The molecule has 0 saturated carbocycles. The number of anilines is 1. The molecule has 0 saturated heterocycles. The number of aryl methyl sites for hydroxylation is 1. The molecule has 0 unspecified atom stereocenters. The summed E-state index contributed by atoms with van der Waals surface area (Å²) in [7, 11) is 0. The Bertz CT molecular complexity index is 1110. The van der Waals surface area contributed by atoms with Gasteiger partial charge in [-0.05, 0) is 24.3 Å². The number of carbonyl (C=O) groups is 1. The fourth-order valence-corrected chi connectivity index (χ4v) is 3.35. The highest BCUT2D eigenvalue weighted by atomic mass is 32.2. The molecule has 0 radical (unpaired) electrons. The number of imidazole rings is 1. The number of amides is 1. The molecule has 10 heteroatoms. The van der Waals surface area contributed by atoms with Crippen LogP contribution < -0.4 is 5.32 Å². The Kier molecular flexibility index (Phi) is 5.52. The van der Waals surface area contributed by atoms with E-state index in [1.54, 1.807) is 0 Å². The summed E-state index contributed by atoms with van der Waals surface area (Å²) in [6.45, 7) is 0. The molecule has 0 bridgehead atoms. The standard InChI is InChI=1S/C19H15F2N5O2S/c20-11-4-3-5-12(21)18(11)25-16(27)8-9-17-24-15(26-28-17)10-29-19-22-13-6-1-2-7-14(13)23-19/h1-7H,8-10H2,(H,22,23)(H,25,27). The van der Waals surface area contributed by atoms with Crippen molar-refractivity contribution in [1.82, 2.24) is 20.1 Å². The van der Waals surface area contributed by atoms with E-state index in [0.29, 0.717) is 11.6 Å². The molecule has 7 nitrogen and oxygen atoms in total. The second kappa shape index (κ2) is 8.39. The van der Waals surface area contributed by atoms with Crippen LogP contribution in [-0.4, -0.2) is 26.0 Å². The van der Waals surface area contributed by atoms with Crippen LogP contribution in [0.3, 0.4) is 0 Å². The van der Waals surface area contributed by atoms with Crippen LogP contribution in [0.4, 0.5) is 14.5 Å². The van der Waals surface area contributed by atoms with Gasteiger partial charge in [-0.25, -0.2) is 13.8 Å². The lowest BCUT2D eigenvalue weighted by molar-refractivity contribution is -0.116. The smallest absolute Gasteiger partial charge is 0.227 e. The van der Waals surface area contributed by atoms with Crippen LogP contribution >= 0.6 is 11.8 Å². The number of nitrogens with zero attached hydrogens (tertiary/aromatic N) is 3. The SMILES string of the molecule is O=C(CCc1nc(CSc2nc3ccccc3[nH]2)no1)Nc1c(F)cccc1F. The number of aromatic amines is 1. The number of hydrogen-bond acceptors (Lipinski definition) is 6. The lowest BCUT2D eigenvalue weighted by atomic mass is 10.2. The largest absolute Gasteiger partial charge is 0.339 e. The van der Waals surface area contributed by atoms with Gasteiger partial charge < -0.3 is 14.8 Å². The number of halogens is 2. The highest BCUT2D eigenvalue weighted by Crippen LogP contribution is 2.22. The molecular formula is C19H15F2N5O2S. The number of nitrogens with one attached hydrogen (secondary N) is 2. The summed E-state index contributed by atoms with van der Waals surface area (Å²) >= 11 is 1.43. The van der Waals surface area contributed by atoms with E-state index < -0.39 is 23.2 Å². The van der Waals surface area contributed by atoms with Crippen molar-refractivity contribution >= 4 is 34.4 Å². The molecule has 2 heterocycles. The molecule has 29 heavy (non-hydrogen) atoms. The molecule has 0 spiro atoms. The van der Waals surface area contributed by atoms with Crippen LogP contribution in [0.15, 0.2) is 52.1 Å². The first-order valence-corrected chi connectivity index (χ1v) is 9.70. The first-order valence-electron chi connectivity index (χ1n) is 8.71. The van der Waals surface area contributed by atoms with Gasteiger partial charge >= 0.3 is 0 Å². The number of carbonyl (C=O) groups excluding carboxylic acids is 1. The first kappa shape index (κ1) is 19.1. The van der Waals surface area contributed by atoms with Crippen molar-refractivity contribution in [1.29, 1.82) is 0 Å². The Labute approximate surface area is 167 Å². The quantitative estimate of drug-likeness (QED) is 0.442. The third-order valence-electron chi connectivity index (χ3n) is 4.01. The molecule has 0 fully saturated rings. The predicted molar refractivity (Wildman–Crippen MR) is 103 cm³/mol. The molecule has 2 aromatic heterocycles. The molecule has 2 aromatic carbocycles. The van der Waals surface area contributed by atoms with Crippen molar-refractivity contribution < 1.29 is 18.1 Å². The maximum Gasteiger partial charge on any atom is 0.227 e. The summed E-state index contributed by atoms with van der Waals surface area (Å²) in [4.78, 5) is 23.8. The second-order valence-corrected chi connectivity index (χ2v) is 7.06. The van der Waals surface area contributed by atoms with Gasteiger partial charge in [-0.15, -0.1) is 0 Å². The summed E-state index contributed by atoms with van der Waals surface area (Å²) in [6.07, 6.45) is 0.107. The fourth-order valence-electron chi connectivity index (χ4n) is 2.62. The van der Waals surface area contributed by atoms with Crippen LogP contribution in [0.2, 0.25) is 0 Å². The maximum atomic E-state index is 13.6. The molecule has 148 valence electrons. The third-order valence-corrected chi connectivity index (χ3v) is 4.88. The topological polar surface area (TPSA) is 96.7 Å². The number of hydrogen-bond donors (Lipinski definition) is 2. The van der Waals surface area contributed by atoms with Crippen LogP contribution in [0, 0.1) is 11.6 Å². The minimum atomic E-state index is -0.832. The summed E-state index contributed by atoms with van der Waals surface area (Å²) < 4.78 is 32.3. The Morgan fingerprint density at radius 2 is 1.90 bits per heavy atom. The van der Waals surface area contributed by atoms with Gasteiger partial charge in [0.1, 0.15) is 17.3 Å². The van der Waals surface area contributed by atoms with Crippen LogP contribution in [0.25, 0.3) is 11.0 Å². The zero-order chi connectivity index (χ0) is 20.2. The molecule has 4 aromatic rings. The molecule has 0 aliphatic rings. The lowest BCUT2D eigenvalue weighted by Gasteiger charge is -2.06. The van der Waals surface area contributed by atoms with E-state index in [-0.39, 0.29) is 18.7 Å². The van der Waals surface area contributed by atoms with Crippen molar-refractivity contribution in [2.45, 2.75) is 23.8 Å². The number of H-pyrrole nitrogens is 1. The third kappa shape index (κ3) is 4.60. The molecule has 0 atom stereocenters. The van der Waals surface area contributed by atoms with E-state index in [1.165, 1.54) is 17.8 Å². The van der Waals surface area contributed by atoms with Crippen molar-refractivity contribution in [2.24, 2.45) is 0 Å². The highest BCUT2D eigenvalue weighted by molar-refractivity contribution is 7.98. The van der Waals surface area contributed by atoms with Gasteiger partial charge in [0.2, 0.25) is 11.8 Å². The average Bonchev–Trinajstić information content (AvgIpc) is 3.34. The van der Waals surface area contributed by atoms with Gasteiger partial charge in [0.05, 0.1) is 16.8 Å². The molecule has 2 N–H and O–H groups in total. The summed E-state index contributed by atoms with van der Waals surface area (Å²) in [5.41, 5.74) is 1.35. The van der Waals surface area contributed by atoms with Gasteiger partial charge in [-0.3, -0.25) is 4.79 Å². The molecular weight excluding hydrogens is 400 g/mol. The zero-order valence-corrected chi connectivity index (χ0v) is 15.8. The Morgan fingerprint density at radius 1 is 1.10 bits per heavy atom. The van der Waals surface area contributed by atoms with Gasteiger partial charge in [0.15, 0.2) is 11.0 Å². The first-order chi connectivity index (χ1) is 14.1. The van der Waals surface area contributed by atoms with E-state index >= 15 is 0 Å². The second-order valence-electron chi connectivity index (χ2n) is 6.10. The fraction of sp³-hybridized carbons (Fsp3) is 0.158. The van der Waals surface area contributed by atoms with Gasteiger partial charge in [-0.2, -0.15) is 4.98 Å². The normalized spacial score (nSPS) is 11.1. The van der Waals surface area contributed by atoms with E-state index in [2.05, 4.69) is 25.4 Å². The zero-order valence-electron chi connectivity index (χ0n) is 15.0. The van der Waals surface area contributed by atoms with Gasteiger partial charge in [0.25, 0.3) is 0 Å². The highest BCUT2D eigenvalue weighted by Gasteiger charge is 2.14. The Morgan fingerprint density at radius 3 is 2.69 bits per heavy atom. The summed E-state index contributed by atoms with van der Waals surface area (Å²) in [5, 5.41) is 6.83. The number of thioether (sulfide) groups is 1. The number of aromatic nitrogens is 4. The molecule has 0 aliphatic carbocycles. The van der Waals surface area contributed by atoms with E-state index in [1.807, 2.05) is 24.3 Å². The average molecular weight is 415 g/mol. The number of fused-ring (bicyclic) bond motifs is 1. The Balaban J connectivity index is 1.29. The van der Waals surface area contributed by atoms with Crippen molar-refractivity contribution in [3.63, 3.8) is 0 Å². The molecule has 0 aliphatic heterocycles. The monoisotopic (exact) mass is 415 g/mol. The molecule has 1 amide bonds. The Hall–Kier alpha value is -3.27. The number of rotatable bonds is 7. The van der Waals surface area contributed by atoms with Crippen LogP contribution in [0.5, 0.6) is 0 Å². The number of para-hydroxylation sites is 3. The summed E-state index contributed by atoms with van der Waals surface area (Å²) in [5.74, 6) is -1.04. The van der Waals surface area contributed by atoms with E-state index in [0.717, 1.165) is 28.3 Å². The van der Waals surface area contributed by atoms with Crippen molar-refractivity contribution in [2.75, 3.05) is 5.32 Å². The van der Waals surface area contributed by atoms with E-state index in [4.69, 9.17) is 4.52 Å². The number of benzene rings is 2. The van der Waals surface area contributed by atoms with Crippen LogP contribution in [0.1, 0.15) is 18.1 Å². The maximum absolute atomic E-state index is 13.6. The van der Waals surface area contributed by atoms with E-state index in [9.17, 15) is 13.6 Å². The van der Waals surface area contributed by atoms with Crippen molar-refractivity contribution in [3.8, 4) is 0 Å². The van der Waals surface area contributed by atoms with Crippen molar-refractivity contribution in [3.05, 3.63) is 65.8 Å². The predicted octanol–water partition coefficient (Wildman–Crippen LogP) is 4.09.